The summed E-state index contributed by atoms with van der Waals surface area (Å²) in [5.41, 5.74) is 2.07. The van der Waals surface area contributed by atoms with Gasteiger partial charge in [0.25, 0.3) is 0 Å². The van der Waals surface area contributed by atoms with Gasteiger partial charge >= 0.3 is 0 Å². The van der Waals surface area contributed by atoms with Gasteiger partial charge in [-0.25, -0.2) is 0 Å². The van der Waals surface area contributed by atoms with Gasteiger partial charge in [-0.3, -0.25) is 4.79 Å². The molecule has 0 atom stereocenters. The lowest BCUT2D eigenvalue weighted by atomic mass is 9.99. The number of ether oxygens (including phenoxy) is 1. The molecule has 1 aliphatic rings. The Labute approximate surface area is 166 Å². The zero-order valence-electron chi connectivity index (χ0n) is 15.8. The molecule has 0 aromatic heterocycles. The van der Waals surface area contributed by atoms with Gasteiger partial charge in [-0.15, -0.1) is 0 Å². The molecule has 1 N–H and O–H groups in total. The maximum Gasteiger partial charge on any atom is 0.224 e. The first-order valence-electron chi connectivity index (χ1n) is 9.59. The molecule has 0 aliphatic carbocycles. The first kappa shape index (κ1) is 19.6. The molecule has 0 unspecified atom stereocenters. The van der Waals surface area contributed by atoms with Crippen LogP contribution in [0.1, 0.15) is 31.7 Å². The quantitative estimate of drug-likeness (QED) is 0.729. The Morgan fingerprint density at radius 2 is 1.78 bits per heavy atom. The lowest BCUT2D eigenvalue weighted by molar-refractivity contribution is -0.132. The molecule has 1 saturated heterocycles. The van der Waals surface area contributed by atoms with E-state index < -0.39 is 0 Å². The SMILES string of the molecule is CC1CCN(C(=O)CCNc2ccc(OCc3ccc(Cl)cc3)cc2)CC1. The van der Waals surface area contributed by atoms with Crippen LogP contribution in [0.15, 0.2) is 48.5 Å². The van der Waals surface area contributed by atoms with Crippen molar-refractivity contribution in [2.75, 3.05) is 25.0 Å². The van der Waals surface area contributed by atoms with Crippen molar-refractivity contribution in [3.8, 4) is 5.75 Å². The van der Waals surface area contributed by atoms with Crippen LogP contribution in [0.4, 0.5) is 5.69 Å². The van der Waals surface area contributed by atoms with E-state index in [-0.39, 0.29) is 5.91 Å². The Balaban J connectivity index is 1.38. The number of hydrogen-bond acceptors (Lipinski definition) is 3. The molecule has 1 aliphatic heterocycles. The molecular weight excluding hydrogens is 360 g/mol. The predicted octanol–water partition coefficient (Wildman–Crippen LogP) is 4.98. The number of benzene rings is 2. The van der Waals surface area contributed by atoms with Crippen LogP contribution in [-0.4, -0.2) is 30.4 Å². The Hall–Kier alpha value is -2.20. The molecule has 0 saturated carbocycles. The zero-order valence-corrected chi connectivity index (χ0v) is 16.5. The number of carbonyl (C=O) groups is 1. The largest absolute Gasteiger partial charge is 0.489 e. The molecule has 144 valence electrons. The molecule has 3 rings (SSSR count). The maximum atomic E-state index is 12.2. The summed E-state index contributed by atoms with van der Waals surface area (Å²) in [5, 5.41) is 4.04. The molecular formula is C22H27ClN2O2. The van der Waals surface area contributed by atoms with Crippen LogP contribution in [0.25, 0.3) is 0 Å². The number of amides is 1. The van der Waals surface area contributed by atoms with E-state index in [1.165, 1.54) is 0 Å². The molecule has 1 fully saturated rings. The number of rotatable bonds is 7. The van der Waals surface area contributed by atoms with Crippen LogP contribution in [0.2, 0.25) is 5.02 Å². The minimum Gasteiger partial charge on any atom is -0.489 e. The third-order valence-corrected chi connectivity index (χ3v) is 5.23. The van der Waals surface area contributed by atoms with Crippen molar-refractivity contribution in [3.05, 3.63) is 59.1 Å². The second-order valence-corrected chi connectivity index (χ2v) is 7.62. The van der Waals surface area contributed by atoms with E-state index in [1.807, 2.05) is 53.4 Å². The summed E-state index contributed by atoms with van der Waals surface area (Å²) in [5.74, 6) is 1.80. The van der Waals surface area contributed by atoms with E-state index in [1.54, 1.807) is 0 Å². The molecule has 2 aromatic carbocycles. The summed E-state index contributed by atoms with van der Waals surface area (Å²) in [6, 6.07) is 15.5. The van der Waals surface area contributed by atoms with E-state index in [9.17, 15) is 4.79 Å². The van der Waals surface area contributed by atoms with Gasteiger partial charge in [0.1, 0.15) is 12.4 Å². The Morgan fingerprint density at radius 3 is 2.44 bits per heavy atom. The monoisotopic (exact) mass is 386 g/mol. The van der Waals surface area contributed by atoms with E-state index in [0.717, 1.165) is 53.9 Å². The van der Waals surface area contributed by atoms with Crippen molar-refractivity contribution in [2.24, 2.45) is 5.92 Å². The van der Waals surface area contributed by atoms with Gasteiger partial charge in [0.05, 0.1) is 0 Å². The van der Waals surface area contributed by atoms with E-state index in [4.69, 9.17) is 16.3 Å². The highest BCUT2D eigenvalue weighted by Crippen LogP contribution is 2.19. The smallest absolute Gasteiger partial charge is 0.224 e. The summed E-state index contributed by atoms with van der Waals surface area (Å²) in [7, 11) is 0. The lowest BCUT2D eigenvalue weighted by Gasteiger charge is -2.30. The van der Waals surface area contributed by atoms with Gasteiger partial charge in [0.15, 0.2) is 0 Å². The summed E-state index contributed by atoms with van der Waals surface area (Å²) in [6.45, 7) is 5.22. The van der Waals surface area contributed by atoms with E-state index >= 15 is 0 Å². The number of anilines is 1. The fourth-order valence-electron chi connectivity index (χ4n) is 3.15. The van der Waals surface area contributed by atoms with Gasteiger partial charge in [0.2, 0.25) is 5.91 Å². The Kier molecular flexibility index (Phi) is 6.99. The van der Waals surface area contributed by atoms with Gasteiger partial charge in [0, 0.05) is 36.8 Å². The van der Waals surface area contributed by atoms with Crippen molar-refractivity contribution < 1.29 is 9.53 Å². The van der Waals surface area contributed by atoms with E-state index in [0.29, 0.717) is 19.6 Å². The van der Waals surface area contributed by atoms with Crippen LogP contribution in [0.5, 0.6) is 5.75 Å². The van der Waals surface area contributed by atoms with Crippen LogP contribution in [0.3, 0.4) is 0 Å². The minimum atomic E-state index is 0.248. The maximum absolute atomic E-state index is 12.2. The van der Waals surface area contributed by atoms with Crippen molar-refractivity contribution in [1.29, 1.82) is 0 Å². The highest BCUT2D eigenvalue weighted by molar-refractivity contribution is 6.30. The number of likely N-dealkylation sites (tertiary alicyclic amines) is 1. The van der Waals surface area contributed by atoms with Crippen LogP contribution < -0.4 is 10.1 Å². The highest BCUT2D eigenvalue weighted by Gasteiger charge is 2.19. The van der Waals surface area contributed by atoms with E-state index in [2.05, 4.69) is 12.2 Å². The van der Waals surface area contributed by atoms with Crippen molar-refractivity contribution in [2.45, 2.75) is 32.8 Å². The molecule has 0 radical (unpaired) electrons. The first-order valence-corrected chi connectivity index (χ1v) is 9.97. The number of carbonyl (C=O) groups excluding carboxylic acids is 1. The van der Waals surface area contributed by atoms with Crippen LogP contribution >= 0.6 is 11.6 Å². The standard InChI is InChI=1S/C22H27ClN2O2/c1-17-11-14-25(15-12-17)22(26)10-13-24-20-6-8-21(9-7-20)27-16-18-2-4-19(23)5-3-18/h2-9,17,24H,10-16H2,1H3. The summed E-state index contributed by atoms with van der Waals surface area (Å²) < 4.78 is 5.79. The number of halogens is 1. The second-order valence-electron chi connectivity index (χ2n) is 7.18. The molecule has 4 nitrogen and oxygen atoms in total. The topological polar surface area (TPSA) is 41.6 Å². The lowest BCUT2D eigenvalue weighted by Crippen LogP contribution is -2.38. The summed E-state index contributed by atoms with van der Waals surface area (Å²) >= 11 is 5.89. The summed E-state index contributed by atoms with van der Waals surface area (Å²) in [6.07, 6.45) is 2.77. The third kappa shape index (κ3) is 6.17. The molecule has 0 bridgehead atoms. The number of nitrogens with zero attached hydrogens (tertiary/aromatic N) is 1. The number of nitrogens with one attached hydrogen (secondary N) is 1. The predicted molar refractivity (Wildman–Crippen MR) is 110 cm³/mol. The third-order valence-electron chi connectivity index (χ3n) is 4.98. The Morgan fingerprint density at radius 1 is 1.11 bits per heavy atom. The highest BCUT2D eigenvalue weighted by atomic mass is 35.5. The van der Waals surface area contributed by atoms with Gasteiger partial charge in [-0.2, -0.15) is 0 Å². The molecule has 2 aromatic rings. The zero-order chi connectivity index (χ0) is 19.1. The van der Waals surface area contributed by atoms with Gasteiger partial charge < -0.3 is 15.0 Å². The van der Waals surface area contributed by atoms with Crippen molar-refractivity contribution in [1.82, 2.24) is 4.90 Å². The van der Waals surface area contributed by atoms with Gasteiger partial charge in [-0.1, -0.05) is 30.7 Å². The second kappa shape index (κ2) is 9.65. The number of piperidine rings is 1. The average molecular weight is 387 g/mol. The normalized spacial score (nSPS) is 14.8. The molecule has 0 spiro atoms. The average Bonchev–Trinajstić information content (AvgIpc) is 2.69. The minimum absolute atomic E-state index is 0.248. The van der Waals surface area contributed by atoms with Gasteiger partial charge in [-0.05, 0) is 60.7 Å². The molecule has 27 heavy (non-hydrogen) atoms. The van der Waals surface area contributed by atoms with Crippen LogP contribution in [-0.2, 0) is 11.4 Å². The van der Waals surface area contributed by atoms with Crippen molar-refractivity contribution in [3.63, 3.8) is 0 Å². The first-order chi connectivity index (χ1) is 13.1. The fourth-order valence-corrected chi connectivity index (χ4v) is 3.27. The Bertz CT molecular complexity index is 723. The van der Waals surface area contributed by atoms with Crippen LogP contribution in [0, 0.1) is 5.92 Å². The molecule has 5 heteroatoms. The fraction of sp³-hybridized carbons (Fsp3) is 0.409. The molecule has 1 amide bonds. The van der Waals surface area contributed by atoms with Crippen molar-refractivity contribution >= 4 is 23.2 Å². The molecule has 1 heterocycles. The number of hydrogen-bond donors (Lipinski definition) is 1. The summed E-state index contributed by atoms with van der Waals surface area (Å²) in [4.78, 5) is 14.2.